The van der Waals surface area contributed by atoms with Crippen LogP contribution in [0, 0.1) is 0 Å². The molecule has 0 aromatic carbocycles. The van der Waals surface area contributed by atoms with Crippen LogP contribution >= 0.6 is 12.4 Å². The summed E-state index contributed by atoms with van der Waals surface area (Å²) in [6.45, 7) is 8.20. The van der Waals surface area contributed by atoms with Crippen molar-refractivity contribution in [3.8, 4) is 0 Å². The van der Waals surface area contributed by atoms with E-state index < -0.39 is 0 Å². The molecule has 4 heteroatoms. The van der Waals surface area contributed by atoms with Gasteiger partial charge in [0.1, 0.15) is 11.6 Å². The van der Waals surface area contributed by atoms with Crippen LogP contribution in [-0.4, -0.2) is 36.6 Å². The maximum absolute atomic E-state index is 12.0. The maximum atomic E-state index is 12.0. The van der Waals surface area contributed by atoms with E-state index in [-0.39, 0.29) is 30.0 Å². The van der Waals surface area contributed by atoms with Crippen molar-refractivity contribution in [1.82, 2.24) is 4.90 Å². The Labute approximate surface area is 150 Å². The predicted octanol–water partition coefficient (Wildman–Crippen LogP) is 5.60. The maximum Gasteiger partial charge on any atom is 0.323 e. The predicted molar refractivity (Wildman–Crippen MR) is 102 cm³/mol. The van der Waals surface area contributed by atoms with E-state index in [1.165, 1.54) is 51.4 Å². The first kappa shape index (κ1) is 25.0. The largest absolute Gasteiger partial charge is 0.459 e. The van der Waals surface area contributed by atoms with Gasteiger partial charge in [-0.3, -0.25) is 9.69 Å². The van der Waals surface area contributed by atoms with E-state index in [0.29, 0.717) is 0 Å². The van der Waals surface area contributed by atoms with Crippen molar-refractivity contribution in [2.24, 2.45) is 0 Å². The molecule has 0 fully saturated rings. The van der Waals surface area contributed by atoms with Gasteiger partial charge in [-0.2, -0.15) is 0 Å². The molecule has 0 N–H and O–H groups in total. The summed E-state index contributed by atoms with van der Waals surface area (Å²) >= 11 is 0. The van der Waals surface area contributed by atoms with E-state index in [1.54, 1.807) is 0 Å². The Hall–Kier alpha value is -0.280. The topological polar surface area (TPSA) is 29.5 Å². The van der Waals surface area contributed by atoms with Crippen molar-refractivity contribution in [3.05, 3.63) is 0 Å². The van der Waals surface area contributed by atoms with Gasteiger partial charge in [0.2, 0.25) is 0 Å². The molecule has 3 nitrogen and oxygen atoms in total. The molecule has 0 aliphatic heterocycles. The van der Waals surface area contributed by atoms with Crippen molar-refractivity contribution in [3.63, 3.8) is 0 Å². The number of hydrogen-bond donors (Lipinski definition) is 0. The fraction of sp³-hybridized carbons (Fsp3) is 0.947. The molecular weight excluding hydrogens is 310 g/mol. The molecule has 0 rings (SSSR count). The summed E-state index contributed by atoms with van der Waals surface area (Å²) in [4.78, 5) is 13.9. The van der Waals surface area contributed by atoms with E-state index in [0.717, 1.165) is 12.8 Å². The van der Waals surface area contributed by atoms with Crippen LogP contribution < -0.4 is 0 Å². The fourth-order valence-electron chi connectivity index (χ4n) is 2.48. The van der Waals surface area contributed by atoms with Crippen LogP contribution in [0.2, 0.25) is 0 Å². The molecule has 0 heterocycles. The van der Waals surface area contributed by atoms with E-state index in [1.807, 2.05) is 39.8 Å². The first-order valence-corrected chi connectivity index (χ1v) is 9.19. The zero-order chi connectivity index (χ0) is 17.0. The minimum Gasteiger partial charge on any atom is -0.459 e. The van der Waals surface area contributed by atoms with Gasteiger partial charge in [0.05, 0.1) is 0 Å². The average Bonchev–Trinajstić information content (AvgIpc) is 2.44. The van der Waals surface area contributed by atoms with Crippen molar-refractivity contribution in [2.75, 3.05) is 14.1 Å². The second-order valence-corrected chi connectivity index (χ2v) is 7.40. The SMILES string of the molecule is CCCCCCCCCCCC(C)(C)OC(=O)C(C)N(C)C.Cl. The van der Waals surface area contributed by atoms with E-state index in [2.05, 4.69) is 6.92 Å². The standard InChI is InChI=1S/C19H39NO2.ClH/c1-7-8-9-10-11-12-13-14-15-16-19(3,4)22-18(21)17(2)20(5)6;/h17H,7-16H2,1-6H3;1H. The Kier molecular flexibility index (Phi) is 15.3. The van der Waals surface area contributed by atoms with Crippen LogP contribution in [0.3, 0.4) is 0 Å². The molecule has 0 aliphatic rings. The molecule has 0 saturated carbocycles. The zero-order valence-electron chi connectivity index (χ0n) is 16.3. The van der Waals surface area contributed by atoms with Crippen LogP contribution in [-0.2, 0) is 9.53 Å². The highest BCUT2D eigenvalue weighted by Crippen LogP contribution is 2.21. The lowest BCUT2D eigenvalue weighted by Gasteiger charge is -2.28. The highest BCUT2D eigenvalue weighted by atomic mass is 35.5. The number of carbonyl (C=O) groups excluding carboxylic acids is 1. The first-order valence-electron chi connectivity index (χ1n) is 9.19. The van der Waals surface area contributed by atoms with Gasteiger partial charge in [-0.05, 0) is 47.7 Å². The Morgan fingerprint density at radius 1 is 0.957 bits per heavy atom. The highest BCUT2D eigenvalue weighted by Gasteiger charge is 2.26. The number of ether oxygens (including phenoxy) is 1. The fourth-order valence-corrected chi connectivity index (χ4v) is 2.48. The van der Waals surface area contributed by atoms with E-state index in [4.69, 9.17) is 4.74 Å². The van der Waals surface area contributed by atoms with Gasteiger partial charge in [0.15, 0.2) is 0 Å². The number of unbranched alkanes of at least 4 members (excludes halogenated alkanes) is 8. The van der Waals surface area contributed by atoms with Gasteiger partial charge in [0, 0.05) is 0 Å². The van der Waals surface area contributed by atoms with Crippen LogP contribution in [0.15, 0.2) is 0 Å². The molecule has 140 valence electrons. The molecule has 1 unspecified atom stereocenters. The van der Waals surface area contributed by atoms with Crippen molar-refractivity contribution < 1.29 is 9.53 Å². The number of likely N-dealkylation sites (N-methyl/N-ethyl adjacent to an activating group) is 1. The normalized spacial score (nSPS) is 12.8. The quantitative estimate of drug-likeness (QED) is 0.320. The molecule has 0 saturated heterocycles. The van der Waals surface area contributed by atoms with Gasteiger partial charge in [-0.15, -0.1) is 12.4 Å². The lowest BCUT2D eigenvalue weighted by Crippen LogP contribution is -2.39. The smallest absolute Gasteiger partial charge is 0.323 e. The number of esters is 1. The molecule has 0 aliphatic carbocycles. The molecule has 0 amide bonds. The molecular formula is C19H40ClNO2. The molecule has 23 heavy (non-hydrogen) atoms. The molecule has 0 aromatic heterocycles. The average molecular weight is 350 g/mol. The molecule has 0 bridgehead atoms. The summed E-state index contributed by atoms with van der Waals surface area (Å²) in [5.74, 6) is -0.120. The van der Waals surface area contributed by atoms with Crippen LogP contribution in [0.1, 0.15) is 91.9 Å². The number of hydrogen-bond acceptors (Lipinski definition) is 3. The lowest BCUT2D eigenvalue weighted by molar-refractivity contribution is -0.162. The van der Waals surface area contributed by atoms with Crippen molar-refractivity contribution >= 4 is 18.4 Å². The zero-order valence-corrected chi connectivity index (χ0v) is 17.1. The van der Waals surface area contributed by atoms with Gasteiger partial charge in [-0.1, -0.05) is 58.3 Å². The second kappa shape index (κ2) is 14.1. The summed E-state index contributed by atoms with van der Waals surface area (Å²) in [6, 6.07) is -0.178. The third-order valence-electron chi connectivity index (χ3n) is 4.37. The van der Waals surface area contributed by atoms with Gasteiger partial charge < -0.3 is 4.74 Å². The summed E-state index contributed by atoms with van der Waals surface area (Å²) in [7, 11) is 3.80. The number of nitrogens with zero attached hydrogens (tertiary/aromatic N) is 1. The van der Waals surface area contributed by atoms with Crippen LogP contribution in [0.5, 0.6) is 0 Å². The third kappa shape index (κ3) is 13.8. The number of halogens is 1. The minimum absolute atomic E-state index is 0. The van der Waals surface area contributed by atoms with Gasteiger partial charge >= 0.3 is 5.97 Å². The Morgan fingerprint density at radius 3 is 1.83 bits per heavy atom. The highest BCUT2D eigenvalue weighted by molar-refractivity contribution is 5.85. The Bertz CT molecular complexity index is 293. The lowest BCUT2D eigenvalue weighted by atomic mass is 9.99. The molecule has 0 radical (unpaired) electrons. The Morgan fingerprint density at radius 2 is 1.39 bits per heavy atom. The van der Waals surface area contributed by atoms with Crippen molar-refractivity contribution in [2.45, 2.75) is 104 Å². The number of rotatable bonds is 13. The van der Waals surface area contributed by atoms with Crippen molar-refractivity contribution in [1.29, 1.82) is 0 Å². The van der Waals surface area contributed by atoms with Crippen LogP contribution in [0.25, 0.3) is 0 Å². The first-order chi connectivity index (χ1) is 10.3. The second-order valence-electron chi connectivity index (χ2n) is 7.40. The molecule has 0 spiro atoms. The molecule has 1 atom stereocenters. The van der Waals surface area contributed by atoms with E-state index >= 15 is 0 Å². The number of carbonyl (C=O) groups is 1. The summed E-state index contributed by atoms with van der Waals surface area (Å²) in [6.07, 6.45) is 12.9. The Balaban J connectivity index is 0. The summed E-state index contributed by atoms with van der Waals surface area (Å²) in [5.41, 5.74) is -0.345. The van der Waals surface area contributed by atoms with Gasteiger partial charge in [0.25, 0.3) is 0 Å². The summed E-state index contributed by atoms with van der Waals surface area (Å²) in [5, 5.41) is 0. The van der Waals surface area contributed by atoms with Crippen LogP contribution in [0.4, 0.5) is 0 Å². The summed E-state index contributed by atoms with van der Waals surface area (Å²) < 4.78 is 5.65. The van der Waals surface area contributed by atoms with Gasteiger partial charge in [-0.25, -0.2) is 0 Å². The van der Waals surface area contributed by atoms with E-state index in [9.17, 15) is 4.79 Å². The third-order valence-corrected chi connectivity index (χ3v) is 4.37. The minimum atomic E-state index is -0.345. The molecule has 0 aromatic rings. The monoisotopic (exact) mass is 349 g/mol.